The molecule has 1 aromatic rings. The van der Waals surface area contributed by atoms with Crippen molar-refractivity contribution in [2.75, 3.05) is 12.3 Å². The third-order valence-corrected chi connectivity index (χ3v) is 5.22. The van der Waals surface area contributed by atoms with E-state index in [-0.39, 0.29) is 22.9 Å². The Balaban J connectivity index is 2.37. The van der Waals surface area contributed by atoms with Gasteiger partial charge in [0.1, 0.15) is 41.2 Å². The van der Waals surface area contributed by atoms with E-state index in [9.17, 15) is 20.6 Å². The van der Waals surface area contributed by atoms with Crippen LogP contribution < -0.4 is 10.5 Å². The fourth-order valence-electron chi connectivity index (χ4n) is 3.19. The highest BCUT2D eigenvalue weighted by Crippen LogP contribution is 2.40. The maximum Gasteiger partial charge on any atom is 0.312 e. The quantitative estimate of drug-likeness (QED) is 0.373. The van der Waals surface area contributed by atoms with E-state index in [0.717, 1.165) is 5.56 Å². The molecule has 8 heteroatoms. The Bertz CT molecular complexity index is 1140. The van der Waals surface area contributed by atoms with Gasteiger partial charge in [0.25, 0.3) is 0 Å². The Labute approximate surface area is 193 Å². The van der Waals surface area contributed by atoms with Crippen molar-refractivity contribution >= 4 is 17.7 Å². The molecule has 2 rings (SSSR count). The van der Waals surface area contributed by atoms with Crippen molar-refractivity contribution in [1.82, 2.24) is 0 Å². The van der Waals surface area contributed by atoms with Crippen molar-refractivity contribution in [2.24, 2.45) is 5.92 Å². The van der Waals surface area contributed by atoms with E-state index < -0.39 is 17.6 Å². The second-order valence-electron chi connectivity index (χ2n) is 7.93. The molecular formula is C25H26N4O4. The number of nitrogen functional groups attached to an aromatic ring is 1. The molecule has 33 heavy (non-hydrogen) atoms. The molecule has 0 saturated heterocycles. The van der Waals surface area contributed by atoms with Gasteiger partial charge in [-0.2, -0.15) is 15.8 Å². The van der Waals surface area contributed by atoms with Crippen LogP contribution in [0.1, 0.15) is 40.2 Å². The molecule has 0 saturated carbocycles. The van der Waals surface area contributed by atoms with Crippen LogP contribution in [0.25, 0.3) is 6.08 Å². The SMILES string of the molecule is CCOC(=O)[C@H](C)C(C)Oc1cc(/C=C/C2=C(C#N)C(=C(C#N)C#N)OC2(C)C)ccc1N. The van der Waals surface area contributed by atoms with Crippen molar-refractivity contribution in [3.63, 3.8) is 0 Å². The monoisotopic (exact) mass is 446 g/mol. The largest absolute Gasteiger partial charge is 0.488 e. The molecule has 8 nitrogen and oxygen atoms in total. The maximum absolute atomic E-state index is 12.0. The number of anilines is 1. The molecule has 2 atom stereocenters. The highest BCUT2D eigenvalue weighted by atomic mass is 16.5. The number of nitrogens with zero attached hydrogens (tertiary/aromatic N) is 3. The van der Waals surface area contributed by atoms with Crippen LogP contribution >= 0.6 is 0 Å². The van der Waals surface area contributed by atoms with Crippen LogP contribution in [0, 0.1) is 39.9 Å². The number of esters is 1. The molecule has 0 bridgehead atoms. The number of rotatable bonds is 7. The average Bonchev–Trinajstić information content (AvgIpc) is 3.03. The van der Waals surface area contributed by atoms with Gasteiger partial charge in [0.05, 0.1) is 18.2 Å². The third kappa shape index (κ3) is 5.53. The minimum atomic E-state index is -0.910. The molecule has 0 aliphatic carbocycles. The molecule has 0 spiro atoms. The molecule has 170 valence electrons. The number of ether oxygens (including phenoxy) is 3. The lowest BCUT2D eigenvalue weighted by Gasteiger charge is -2.21. The summed E-state index contributed by atoms with van der Waals surface area (Å²) in [5.41, 5.74) is 6.70. The number of benzene rings is 1. The van der Waals surface area contributed by atoms with Crippen LogP contribution in [0.5, 0.6) is 5.75 Å². The van der Waals surface area contributed by atoms with Crippen LogP contribution in [-0.4, -0.2) is 24.3 Å². The predicted molar refractivity (Wildman–Crippen MR) is 122 cm³/mol. The highest BCUT2D eigenvalue weighted by molar-refractivity contribution is 5.73. The summed E-state index contributed by atoms with van der Waals surface area (Å²) in [5, 5.41) is 28.0. The standard InChI is InChI=1S/C25H26N4O4/c1-6-31-24(30)15(2)16(3)32-22-11-17(8-10-21(22)29)7-9-20-19(14-28)23(18(12-26)13-27)33-25(20,4)5/h7-11,15-16H,6,29H2,1-5H3/b9-7+/t15-,16?/m1/s1. The number of allylic oxidation sites excluding steroid dienone is 2. The highest BCUT2D eigenvalue weighted by Gasteiger charge is 2.38. The summed E-state index contributed by atoms with van der Waals surface area (Å²) in [6.07, 6.45) is 2.99. The summed E-state index contributed by atoms with van der Waals surface area (Å²) in [7, 11) is 0. The van der Waals surface area contributed by atoms with Gasteiger partial charge >= 0.3 is 5.97 Å². The first-order chi connectivity index (χ1) is 15.6. The zero-order valence-electron chi connectivity index (χ0n) is 19.3. The van der Waals surface area contributed by atoms with Gasteiger partial charge in [0.2, 0.25) is 0 Å². The summed E-state index contributed by atoms with van der Waals surface area (Å²) in [6, 6.07) is 10.8. The van der Waals surface area contributed by atoms with Crippen molar-refractivity contribution in [3.05, 3.63) is 52.3 Å². The van der Waals surface area contributed by atoms with Crippen LogP contribution in [0.3, 0.4) is 0 Å². The fraction of sp³-hybridized carbons (Fsp3) is 0.360. The van der Waals surface area contributed by atoms with Crippen molar-refractivity contribution in [1.29, 1.82) is 15.8 Å². The molecule has 2 N–H and O–H groups in total. The summed E-state index contributed by atoms with van der Waals surface area (Å²) >= 11 is 0. The number of hydrogen-bond acceptors (Lipinski definition) is 8. The topological polar surface area (TPSA) is 142 Å². The van der Waals surface area contributed by atoms with Gasteiger partial charge < -0.3 is 19.9 Å². The fourth-order valence-corrected chi connectivity index (χ4v) is 3.19. The minimum absolute atomic E-state index is 0.0183. The Hall–Kier alpha value is -4.22. The van der Waals surface area contributed by atoms with E-state index in [1.807, 2.05) is 6.07 Å². The van der Waals surface area contributed by atoms with Gasteiger partial charge in [0, 0.05) is 5.57 Å². The summed E-state index contributed by atoms with van der Waals surface area (Å²) in [6.45, 7) is 9.02. The van der Waals surface area contributed by atoms with Gasteiger partial charge in [-0.3, -0.25) is 4.79 Å². The molecule has 0 aromatic heterocycles. The van der Waals surface area contributed by atoms with Gasteiger partial charge in [-0.1, -0.05) is 18.2 Å². The van der Waals surface area contributed by atoms with Crippen molar-refractivity contribution in [2.45, 2.75) is 46.3 Å². The number of nitrogens with two attached hydrogens (primary N) is 1. The minimum Gasteiger partial charge on any atom is -0.488 e. The maximum atomic E-state index is 12.0. The number of carbonyl (C=O) groups is 1. The lowest BCUT2D eigenvalue weighted by atomic mass is 9.94. The van der Waals surface area contributed by atoms with Crippen molar-refractivity contribution in [3.8, 4) is 24.0 Å². The Morgan fingerprint density at radius 2 is 1.88 bits per heavy atom. The molecule has 0 fully saturated rings. The van der Waals surface area contributed by atoms with E-state index in [2.05, 4.69) is 0 Å². The molecule has 1 aliphatic rings. The zero-order valence-corrected chi connectivity index (χ0v) is 19.3. The lowest BCUT2D eigenvalue weighted by molar-refractivity contribution is -0.150. The first-order valence-electron chi connectivity index (χ1n) is 10.4. The van der Waals surface area contributed by atoms with E-state index in [1.165, 1.54) is 0 Å². The molecule has 1 aromatic carbocycles. The number of hydrogen-bond donors (Lipinski definition) is 1. The Morgan fingerprint density at radius 3 is 2.45 bits per heavy atom. The normalized spacial score (nSPS) is 16.2. The van der Waals surface area contributed by atoms with Gasteiger partial charge in [-0.05, 0) is 52.3 Å². The van der Waals surface area contributed by atoms with Gasteiger partial charge in [0.15, 0.2) is 11.3 Å². The molecule has 0 amide bonds. The molecule has 1 unspecified atom stereocenters. The first-order valence-corrected chi connectivity index (χ1v) is 10.4. The van der Waals surface area contributed by atoms with E-state index in [4.69, 9.17) is 19.9 Å². The lowest BCUT2D eigenvalue weighted by Crippen LogP contribution is -2.30. The first kappa shape index (κ1) is 25.0. The van der Waals surface area contributed by atoms with Gasteiger partial charge in [-0.15, -0.1) is 0 Å². The predicted octanol–water partition coefficient (Wildman–Crippen LogP) is 4.18. The van der Waals surface area contributed by atoms with E-state index in [0.29, 0.717) is 23.6 Å². The molecule has 0 radical (unpaired) electrons. The van der Waals surface area contributed by atoms with Crippen LogP contribution in [0.2, 0.25) is 0 Å². The number of carbonyl (C=O) groups excluding carboxylic acids is 1. The summed E-state index contributed by atoms with van der Waals surface area (Å²) in [5.74, 6) is -0.440. The van der Waals surface area contributed by atoms with E-state index in [1.54, 1.807) is 77.1 Å². The smallest absolute Gasteiger partial charge is 0.312 e. The average molecular weight is 447 g/mol. The Morgan fingerprint density at radius 1 is 1.21 bits per heavy atom. The van der Waals surface area contributed by atoms with Crippen LogP contribution in [0.15, 0.2) is 46.8 Å². The van der Waals surface area contributed by atoms with Crippen molar-refractivity contribution < 1.29 is 19.0 Å². The third-order valence-electron chi connectivity index (χ3n) is 5.22. The summed E-state index contributed by atoms with van der Waals surface area (Å²) < 4.78 is 16.7. The molecule has 1 aliphatic heterocycles. The van der Waals surface area contributed by atoms with E-state index >= 15 is 0 Å². The number of nitriles is 3. The molecular weight excluding hydrogens is 420 g/mol. The van der Waals surface area contributed by atoms with Crippen LogP contribution in [-0.2, 0) is 14.3 Å². The summed E-state index contributed by atoms with van der Waals surface area (Å²) in [4.78, 5) is 12.0. The second kappa shape index (κ2) is 10.4. The second-order valence-corrected chi connectivity index (χ2v) is 7.93. The van der Waals surface area contributed by atoms with Gasteiger partial charge in [-0.25, -0.2) is 0 Å². The Kier molecular flexibility index (Phi) is 7.89. The van der Waals surface area contributed by atoms with Crippen LogP contribution in [0.4, 0.5) is 5.69 Å². The molecule has 1 heterocycles. The zero-order chi connectivity index (χ0) is 24.8.